The summed E-state index contributed by atoms with van der Waals surface area (Å²) in [6, 6.07) is 8.03. The second-order valence-corrected chi connectivity index (χ2v) is 6.47. The summed E-state index contributed by atoms with van der Waals surface area (Å²) in [6.07, 6.45) is 0.918. The molecule has 0 heterocycles. The van der Waals surface area contributed by atoms with Crippen LogP contribution in [0.25, 0.3) is 0 Å². The lowest BCUT2D eigenvalue weighted by atomic mass is 10.1. The summed E-state index contributed by atoms with van der Waals surface area (Å²) in [7, 11) is -3.78. The Bertz CT molecular complexity index is 564. The minimum Gasteiger partial charge on any atom is -0.297 e. The number of Topliss-reactive ketones (excluding diaryl/α,β-unsaturated/α-hetero) is 1. The van der Waals surface area contributed by atoms with Crippen molar-refractivity contribution in [1.82, 2.24) is 4.31 Å². The van der Waals surface area contributed by atoms with Gasteiger partial charge < -0.3 is 0 Å². The molecule has 1 aromatic rings. The van der Waals surface area contributed by atoms with E-state index in [1.807, 2.05) is 0 Å². The van der Waals surface area contributed by atoms with Gasteiger partial charge in [0.25, 0.3) is 5.91 Å². The van der Waals surface area contributed by atoms with Gasteiger partial charge in [-0.1, -0.05) is 32.0 Å². The van der Waals surface area contributed by atoms with Gasteiger partial charge in [0.1, 0.15) is 0 Å². The maximum absolute atomic E-state index is 12.1. The summed E-state index contributed by atoms with van der Waals surface area (Å²) in [5.41, 5.74) is 0.240. The quantitative estimate of drug-likeness (QED) is 0.817. The van der Waals surface area contributed by atoms with Crippen LogP contribution in [0.4, 0.5) is 0 Å². The number of nitrogens with zero attached hydrogens (tertiary/aromatic N) is 1. The van der Waals surface area contributed by atoms with Gasteiger partial charge in [-0.3, -0.25) is 9.59 Å². The summed E-state index contributed by atoms with van der Waals surface area (Å²) in [5, 5.41) is 0. The average molecular weight is 283 g/mol. The molecule has 0 unspecified atom stereocenters. The molecule has 19 heavy (non-hydrogen) atoms. The van der Waals surface area contributed by atoms with E-state index in [4.69, 9.17) is 0 Å². The lowest BCUT2D eigenvalue weighted by Gasteiger charge is -2.20. The number of carbonyl (C=O) groups is 2. The molecular formula is C13H17NO4S. The normalized spacial score (nSPS) is 11.4. The van der Waals surface area contributed by atoms with Crippen LogP contribution in [0.15, 0.2) is 30.3 Å². The fourth-order valence-electron chi connectivity index (χ4n) is 1.39. The molecule has 0 N–H and O–H groups in total. The zero-order valence-corrected chi connectivity index (χ0v) is 12.0. The first-order valence-corrected chi connectivity index (χ1v) is 7.68. The molecule has 0 aromatic heterocycles. The van der Waals surface area contributed by atoms with E-state index in [0.717, 1.165) is 6.26 Å². The third-order valence-corrected chi connectivity index (χ3v) is 3.69. The van der Waals surface area contributed by atoms with Crippen LogP contribution in [-0.4, -0.2) is 37.2 Å². The van der Waals surface area contributed by atoms with Crippen molar-refractivity contribution in [3.05, 3.63) is 35.9 Å². The highest BCUT2D eigenvalue weighted by Gasteiger charge is 2.27. The monoisotopic (exact) mass is 283 g/mol. The highest BCUT2D eigenvalue weighted by molar-refractivity contribution is 7.88. The molecule has 1 amide bonds. The minimum atomic E-state index is -3.78. The summed E-state index contributed by atoms with van der Waals surface area (Å²) in [6.45, 7) is 2.90. The predicted octanol–water partition coefficient (Wildman–Crippen LogP) is 1.31. The summed E-state index contributed by atoms with van der Waals surface area (Å²) in [5.74, 6) is -1.31. The Morgan fingerprint density at radius 2 is 1.68 bits per heavy atom. The van der Waals surface area contributed by atoms with E-state index in [1.54, 1.807) is 32.0 Å². The van der Waals surface area contributed by atoms with Gasteiger partial charge in [-0.25, -0.2) is 12.7 Å². The first-order valence-electron chi connectivity index (χ1n) is 5.83. The topological polar surface area (TPSA) is 71.5 Å². The molecule has 0 bridgehead atoms. The minimum absolute atomic E-state index is 0.240. The van der Waals surface area contributed by atoms with Crippen LogP contribution in [0.1, 0.15) is 24.2 Å². The number of benzene rings is 1. The molecule has 104 valence electrons. The second-order valence-electron chi connectivity index (χ2n) is 4.56. The van der Waals surface area contributed by atoms with Crippen LogP contribution < -0.4 is 0 Å². The molecule has 0 aliphatic carbocycles. The Morgan fingerprint density at radius 1 is 1.16 bits per heavy atom. The molecule has 0 saturated heterocycles. The number of amides is 1. The lowest BCUT2D eigenvalue weighted by molar-refractivity contribution is -0.121. The van der Waals surface area contributed by atoms with E-state index >= 15 is 0 Å². The number of sulfonamides is 1. The fourth-order valence-corrected chi connectivity index (χ4v) is 2.16. The molecule has 6 heteroatoms. The molecule has 0 fully saturated rings. The maximum Gasteiger partial charge on any atom is 0.267 e. The van der Waals surface area contributed by atoms with Crippen molar-refractivity contribution in [1.29, 1.82) is 0 Å². The van der Waals surface area contributed by atoms with E-state index in [9.17, 15) is 18.0 Å². The standard InChI is InChI=1S/C13H17NO4S/c1-10(2)12(15)9-14(19(3,17)18)13(16)11-7-5-4-6-8-11/h4-8,10H,9H2,1-3H3. The van der Waals surface area contributed by atoms with Crippen LogP contribution in [0.2, 0.25) is 0 Å². The van der Waals surface area contributed by atoms with E-state index in [0.29, 0.717) is 4.31 Å². The number of hydrogen-bond acceptors (Lipinski definition) is 4. The predicted molar refractivity (Wildman–Crippen MR) is 72.2 cm³/mol. The average Bonchev–Trinajstić information content (AvgIpc) is 2.34. The van der Waals surface area contributed by atoms with Crippen LogP contribution in [0, 0.1) is 5.92 Å². The molecular weight excluding hydrogens is 266 g/mol. The molecule has 0 aliphatic heterocycles. The Morgan fingerprint density at radius 3 is 2.11 bits per heavy atom. The van der Waals surface area contributed by atoms with Crippen LogP contribution >= 0.6 is 0 Å². The van der Waals surface area contributed by atoms with E-state index in [1.165, 1.54) is 12.1 Å². The first kappa shape index (κ1) is 15.4. The number of rotatable bonds is 5. The molecule has 0 aliphatic rings. The van der Waals surface area contributed by atoms with Crippen molar-refractivity contribution >= 4 is 21.7 Å². The Labute approximate surface area is 113 Å². The molecule has 1 rings (SSSR count). The van der Waals surface area contributed by atoms with Crippen molar-refractivity contribution < 1.29 is 18.0 Å². The van der Waals surface area contributed by atoms with Gasteiger partial charge in [-0.2, -0.15) is 0 Å². The van der Waals surface area contributed by atoms with Crippen LogP contribution in [-0.2, 0) is 14.8 Å². The maximum atomic E-state index is 12.1. The third kappa shape index (κ3) is 4.17. The van der Waals surface area contributed by atoms with E-state index in [2.05, 4.69) is 0 Å². The summed E-state index contributed by atoms with van der Waals surface area (Å²) in [4.78, 5) is 23.8. The fraction of sp³-hybridized carbons (Fsp3) is 0.385. The van der Waals surface area contributed by atoms with Gasteiger partial charge in [0.2, 0.25) is 10.0 Å². The van der Waals surface area contributed by atoms with Crippen molar-refractivity contribution in [2.75, 3.05) is 12.8 Å². The largest absolute Gasteiger partial charge is 0.297 e. The van der Waals surface area contributed by atoms with E-state index in [-0.39, 0.29) is 17.3 Å². The molecule has 0 atom stereocenters. The van der Waals surface area contributed by atoms with Crippen molar-refractivity contribution in [2.45, 2.75) is 13.8 Å². The van der Waals surface area contributed by atoms with Crippen molar-refractivity contribution in [2.24, 2.45) is 5.92 Å². The van der Waals surface area contributed by atoms with Gasteiger partial charge in [0.15, 0.2) is 5.78 Å². The highest BCUT2D eigenvalue weighted by Crippen LogP contribution is 2.10. The van der Waals surface area contributed by atoms with Gasteiger partial charge in [0, 0.05) is 11.5 Å². The van der Waals surface area contributed by atoms with Crippen LogP contribution in [0.5, 0.6) is 0 Å². The number of ketones is 1. The van der Waals surface area contributed by atoms with Gasteiger partial charge in [0.05, 0.1) is 12.8 Å². The highest BCUT2D eigenvalue weighted by atomic mass is 32.2. The summed E-state index contributed by atoms with van der Waals surface area (Å²) >= 11 is 0. The molecule has 0 spiro atoms. The Kier molecular flexibility index (Phi) is 4.83. The smallest absolute Gasteiger partial charge is 0.267 e. The molecule has 1 aromatic carbocycles. The number of hydrogen-bond donors (Lipinski definition) is 0. The lowest BCUT2D eigenvalue weighted by Crippen LogP contribution is -2.41. The Hall–Kier alpha value is -1.69. The molecule has 5 nitrogen and oxygen atoms in total. The molecule has 0 radical (unpaired) electrons. The zero-order valence-electron chi connectivity index (χ0n) is 11.2. The summed E-state index contributed by atoms with van der Waals surface area (Å²) < 4.78 is 23.9. The van der Waals surface area contributed by atoms with Crippen LogP contribution in [0.3, 0.4) is 0 Å². The third-order valence-electron chi connectivity index (χ3n) is 2.59. The first-order chi connectivity index (χ1) is 8.73. The zero-order chi connectivity index (χ0) is 14.6. The Balaban J connectivity index is 3.06. The van der Waals surface area contributed by atoms with Crippen molar-refractivity contribution in [3.63, 3.8) is 0 Å². The number of carbonyl (C=O) groups excluding carboxylic acids is 2. The SMILES string of the molecule is CC(C)C(=O)CN(C(=O)c1ccccc1)S(C)(=O)=O. The van der Waals surface area contributed by atoms with Gasteiger partial charge in [-0.15, -0.1) is 0 Å². The van der Waals surface area contributed by atoms with Gasteiger partial charge in [-0.05, 0) is 12.1 Å². The second kappa shape index (κ2) is 5.97. The molecule has 0 saturated carbocycles. The van der Waals surface area contributed by atoms with Crippen molar-refractivity contribution in [3.8, 4) is 0 Å². The van der Waals surface area contributed by atoms with E-state index < -0.39 is 22.5 Å². The van der Waals surface area contributed by atoms with Gasteiger partial charge >= 0.3 is 0 Å².